The van der Waals surface area contributed by atoms with Gasteiger partial charge in [-0.25, -0.2) is 4.99 Å². The second-order valence-corrected chi connectivity index (χ2v) is 7.63. The molecule has 0 radical (unpaired) electrons. The number of aliphatic imine (C=N–C) groups is 1. The smallest absolute Gasteiger partial charge is 0.271 e. The molecule has 0 saturated carbocycles. The quantitative estimate of drug-likeness (QED) is 0.476. The van der Waals surface area contributed by atoms with Gasteiger partial charge in [-0.1, -0.05) is 50.2 Å². The number of hydrogen-bond donors (Lipinski definition) is 0. The molecule has 4 rings (SSSR count). The molecule has 1 aromatic heterocycles. The molecule has 1 amide bonds. The first kappa shape index (κ1) is 19.3. The number of nitrogens with zero attached hydrogens (tertiary/aromatic N) is 2. The highest BCUT2D eigenvalue weighted by molar-refractivity contribution is 8.19. The van der Waals surface area contributed by atoms with E-state index in [2.05, 4.69) is 26.0 Å². The minimum atomic E-state index is -0.0833. The van der Waals surface area contributed by atoms with E-state index in [1.165, 1.54) is 11.8 Å². The van der Waals surface area contributed by atoms with E-state index in [0.717, 1.165) is 35.3 Å². The predicted molar refractivity (Wildman–Crippen MR) is 120 cm³/mol. The van der Waals surface area contributed by atoms with Gasteiger partial charge in [0.05, 0.1) is 22.5 Å². The summed E-state index contributed by atoms with van der Waals surface area (Å²) in [5, 5.41) is 0.662. The van der Waals surface area contributed by atoms with Gasteiger partial charge in [0, 0.05) is 6.08 Å². The average Bonchev–Trinajstić information content (AvgIpc) is 3.37. The third-order valence-electron chi connectivity index (χ3n) is 4.82. The molecule has 1 saturated heterocycles. The van der Waals surface area contributed by atoms with Gasteiger partial charge in [-0.15, -0.1) is 0 Å². The second kappa shape index (κ2) is 8.53. The number of hydrogen-bond acceptors (Lipinski definition) is 4. The van der Waals surface area contributed by atoms with E-state index < -0.39 is 0 Å². The summed E-state index contributed by atoms with van der Waals surface area (Å²) in [6, 6.07) is 19.7. The summed E-state index contributed by atoms with van der Waals surface area (Å²) in [5.41, 5.74) is 4.03. The van der Waals surface area contributed by atoms with Crippen LogP contribution in [-0.2, 0) is 17.6 Å². The molecule has 146 valence electrons. The Hall–Kier alpha value is -3.05. The van der Waals surface area contributed by atoms with E-state index in [1.54, 1.807) is 17.2 Å². The van der Waals surface area contributed by atoms with E-state index in [-0.39, 0.29) is 5.91 Å². The Balaban J connectivity index is 1.84. The number of amidine groups is 1. The van der Waals surface area contributed by atoms with Crippen LogP contribution in [0, 0.1) is 0 Å². The Morgan fingerprint density at radius 2 is 1.69 bits per heavy atom. The van der Waals surface area contributed by atoms with Crippen LogP contribution in [0.25, 0.3) is 6.08 Å². The summed E-state index contributed by atoms with van der Waals surface area (Å²) in [6.07, 6.45) is 5.10. The number of carbonyl (C=O) groups excluding carboxylic acids is 1. The molecule has 0 N–H and O–H groups in total. The summed E-state index contributed by atoms with van der Waals surface area (Å²) in [7, 11) is 0. The lowest BCUT2D eigenvalue weighted by Gasteiger charge is -2.19. The second-order valence-electron chi connectivity index (χ2n) is 6.63. The van der Waals surface area contributed by atoms with Gasteiger partial charge in [-0.3, -0.25) is 9.69 Å². The van der Waals surface area contributed by atoms with E-state index in [0.29, 0.717) is 15.8 Å². The highest BCUT2D eigenvalue weighted by atomic mass is 32.2. The fraction of sp³-hybridized carbons (Fsp3) is 0.167. The lowest BCUT2D eigenvalue weighted by Crippen LogP contribution is -2.29. The molecular formula is C24H22N2O2S. The van der Waals surface area contributed by atoms with Crippen LogP contribution in [0.2, 0.25) is 0 Å². The largest absolute Gasteiger partial charge is 0.465 e. The average molecular weight is 403 g/mol. The zero-order chi connectivity index (χ0) is 20.2. The zero-order valence-corrected chi connectivity index (χ0v) is 17.3. The SMILES string of the molecule is CCc1ccccc1N=C1SC(=Cc2ccco2)C(=O)N1c1ccccc1CC. The Bertz CT molecular complexity index is 1080. The maximum Gasteiger partial charge on any atom is 0.271 e. The molecule has 5 heteroatoms. The number of rotatable bonds is 5. The van der Waals surface area contributed by atoms with Crippen LogP contribution >= 0.6 is 11.8 Å². The monoisotopic (exact) mass is 402 g/mol. The van der Waals surface area contributed by atoms with Gasteiger partial charge in [0.2, 0.25) is 0 Å². The van der Waals surface area contributed by atoms with E-state index >= 15 is 0 Å². The Morgan fingerprint density at radius 3 is 2.41 bits per heavy atom. The molecule has 0 bridgehead atoms. The summed E-state index contributed by atoms with van der Waals surface area (Å²) in [4.78, 5) is 20.6. The Kier molecular flexibility index (Phi) is 5.67. The maximum atomic E-state index is 13.4. The molecule has 4 nitrogen and oxygen atoms in total. The minimum absolute atomic E-state index is 0.0833. The van der Waals surface area contributed by atoms with Crippen molar-refractivity contribution in [3.63, 3.8) is 0 Å². The number of benzene rings is 2. The summed E-state index contributed by atoms with van der Waals surface area (Å²) in [6.45, 7) is 4.20. The van der Waals surface area contributed by atoms with Crippen LogP contribution in [-0.4, -0.2) is 11.1 Å². The van der Waals surface area contributed by atoms with Crippen molar-refractivity contribution in [2.45, 2.75) is 26.7 Å². The number of para-hydroxylation sites is 2. The molecule has 2 heterocycles. The zero-order valence-electron chi connectivity index (χ0n) is 16.5. The highest BCUT2D eigenvalue weighted by Crippen LogP contribution is 2.39. The molecular weight excluding hydrogens is 380 g/mol. The number of anilines is 1. The maximum absolute atomic E-state index is 13.4. The van der Waals surface area contributed by atoms with Gasteiger partial charge in [-0.05, 0) is 60.0 Å². The normalized spacial score (nSPS) is 16.9. The molecule has 0 aliphatic carbocycles. The summed E-state index contributed by atoms with van der Waals surface area (Å²) < 4.78 is 5.42. The molecule has 1 aliphatic heterocycles. The molecule has 0 unspecified atom stereocenters. The van der Waals surface area contributed by atoms with Crippen molar-refractivity contribution in [1.29, 1.82) is 0 Å². The number of aryl methyl sites for hydroxylation is 2. The van der Waals surface area contributed by atoms with Crippen molar-refractivity contribution < 1.29 is 9.21 Å². The van der Waals surface area contributed by atoms with Crippen LogP contribution in [0.5, 0.6) is 0 Å². The van der Waals surface area contributed by atoms with Crippen molar-refractivity contribution in [1.82, 2.24) is 0 Å². The van der Waals surface area contributed by atoms with Gasteiger partial charge >= 0.3 is 0 Å². The number of furan rings is 1. The standard InChI is InChI=1S/C24H22N2O2S/c1-3-17-10-5-7-13-20(17)25-24-26(21-14-8-6-11-18(21)4-2)23(27)22(29-24)16-19-12-9-15-28-19/h5-16H,3-4H2,1-2H3. The van der Waals surface area contributed by atoms with Crippen molar-refractivity contribution in [2.75, 3.05) is 4.90 Å². The van der Waals surface area contributed by atoms with E-state index in [1.807, 2.05) is 48.5 Å². The number of amides is 1. The van der Waals surface area contributed by atoms with Gasteiger partial charge in [0.15, 0.2) is 5.17 Å². The first-order chi connectivity index (χ1) is 14.2. The lowest BCUT2D eigenvalue weighted by molar-refractivity contribution is -0.113. The van der Waals surface area contributed by atoms with Crippen LogP contribution < -0.4 is 4.90 Å². The molecule has 29 heavy (non-hydrogen) atoms. The topological polar surface area (TPSA) is 45.8 Å². The van der Waals surface area contributed by atoms with Crippen LogP contribution in [0.3, 0.4) is 0 Å². The van der Waals surface area contributed by atoms with Crippen molar-refractivity contribution >= 4 is 40.3 Å². The molecule has 1 aliphatic rings. The van der Waals surface area contributed by atoms with Gasteiger partial charge in [0.1, 0.15) is 5.76 Å². The molecule has 0 spiro atoms. The fourth-order valence-corrected chi connectivity index (χ4v) is 4.28. The Morgan fingerprint density at radius 1 is 0.966 bits per heavy atom. The van der Waals surface area contributed by atoms with Crippen molar-refractivity contribution in [2.24, 2.45) is 4.99 Å². The third kappa shape index (κ3) is 3.91. The van der Waals surface area contributed by atoms with Gasteiger partial charge < -0.3 is 4.42 Å². The molecule has 1 fully saturated rings. The van der Waals surface area contributed by atoms with E-state index in [4.69, 9.17) is 9.41 Å². The fourth-order valence-electron chi connectivity index (χ4n) is 3.31. The lowest BCUT2D eigenvalue weighted by atomic mass is 10.1. The van der Waals surface area contributed by atoms with E-state index in [9.17, 15) is 4.79 Å². The summed E-state index contributed by atoms with van der Waals surface area (Å²) in [5.74, 6) is 0.569. The van der Waals surface area contributed by atoms with Gasteiger partial charge in [0.25, 0.3) is 5.91 Å². The Labute approximate surface area is 175 Å². The molecule has 2 aromatic carbocycles. The molecule has 0 atom stereocenters. The van der Waals surface area contributed by atoms with Crippen LogP contribution in [0.15, 0.2) is 81.2 Å². The first-order valence-electron chi connectivity index (χ1n) is 9.73. The highest BCUT2D eigenvalue weighted by Gasteiger charge is 2.36. The molecule has 3 aromatic rings. The van der Waals surface area contributed by atoms with Crippen molar-refractivity contribution in [3.8, 4) is 0 Å². The first-order valence-corrected chi connectivity index (χ1v) is 10.5. The third-order valence-corrected chi connectivity index (χ3v) is 5.79. The number of thioether (sulfide) groups is 1. The van der Waals surface area contributed by atoms with Crippen LogP contribution in [0.1, 0.15) is 30.7 Å². The summed E-state index contributed by atoms with van der Waals surface area (Å²) >= 11 is 1.38. The van der Waals surface area contributed by atoms with Gasteiger partial charge in [-0.2, -0.15) is 0 Å². The van der Waals surface area contributed by atoms with Crippen molar-refractivity contribution in [3.05, 3.63) is 88.7 Å². The minimum Gasteiger partial charge on any atom is -0.465 e. The number of carbonyl (C=O) groups is 1. The van der Waals surface area contributed by atoms with Crippen LogP contribution in [0.4, 0.5) is 11.4 Å². The predicted octanol–water partition coefficient (Wildman–Crippen LogP) is 6.21.